The van der Waals surface area contributed by atoms with Crippen LogP contribution < -0.4 is 5.73 Å². The van der Waals surface area contributed by atoms with E-state index in [9.17, 15) is 4.79 Å². The van der Waals surface area contributed by atoms with E-state index in [-0.39, 0.29) is 11.9 Å². The van der Waals surface area contributed by atoms with Crippen LogP contribution >= 0.6 is 0 Å². The quantitative estimate of drug-likeness (QED) is 0.659. The summed E-state index contributed by atoms with van der Waals surface area (Å²) in [4.78, 5) is 11.3. The summed E-state index contributed by atoms with van der Waals surface area (Å²) in [6.07, 6.45) is 5.76. The van der Waals surface area contributed by atoms with Gasteiger partial charge in [0.1, 0.15) is 6.04 Å². The highest BCUT2D eigenvalue weighted by Crippen LogP contribution is 2.21. The molecule has 2 N–H and O–H groups in total. The van der Waals surface area contributed by atoms with Gasteiger partial charge in [-0.3, -0.25) is 4.79 Å². The Morgan fingerprint density at radius 3 is 2.57 bits per heavy atom. The first kappa shape index (κ1) is 9.93. The molecule has 4 nitrogen and oxygen atoms in total. The molecule has 2 saturated heterocycles. The summed E-state index contributed by atoms with van der Waals surface area (Å²) in [6.45, 7) is 3.21. The molecule has 2 heterocycles. The average Bonchev–Trinajstić information content (AvgIpc) is 2.41. The van der Waals surface area contributed by atoms with Gasteiger partial charge in [-0.25, -0.2) is 10.0 Å². The van der Waals surface area contributed by atoms with Crippen LogP contribution in [0.5, 0.6) is 0 Å². The van der Waals surface area contributed by atoms with Crippen LogP contribution in [0.15, 0.2) is 0 Å². The molecular weight excluding hydrogens is 178 g/mol. The summed E-state index contributed by atoms with van der Waals surface area (Å²) in [6, 6.07) is -0.0400. The minimum absolute atomic E-state index is 0.0400. The molecular formula is C10H19N3O. The number of carbonyl (C=O) groups excluding carboxylic acids is 1. The van der Waals surface area contributed by atoms with Crippen molar-refractivity contribution in [2.45, 2.75) is 38.1 Å². The van der Waals surface area contributed by atoms with E-state index in [4.69, 9.17) is 5.73 Å². The van der Waals surface area contributed by atoms with Gasteiger partial charge in [-0.1, -0.05) is 6.42 Å². The van der Waals surface area contributed by atoms with Crippen molar-refractivity contribution in [3.8, 4) is 0 Å². The van der Waals surface area contributed by atoms with Crippen LogP contribution in [0.3, 0.4) is 0 Å². The number of nitrogens with two attached hydrogens (primary N) is 1. The lowest BCUT2D eigenvalue weighted by atomic mass is 10.1. The third-order valence-electron chi connectivity index (χ3n) is 3.25. The van der Waals surface area contributed by atoms with E-state index >= 15 is 0 Å². The average molecular weight is 197 g/mol. The smallest absolute Gasteiger partial charge is 0.236 e. The maximum absolute atomic E-state index is 11.3. The van der Waals surface area contributed by atoms with Gasteiger partial charge in [0.2, 0.25) is 5.91 Å². The Balaban J connectivity index is 2.08. The number of hydrazine groups is 1. The Morgan fingerprint density at radius 1 is 1.07 bits per heavy atom. The summed E-state index contributed by atoms with van der Waals surface area (Å²) in [5, 5.41) is 4.53. The summed E-state index contributed by atoms with van der Waals surface area (Å²) in [5.41, 5.74) is 5.42. The largest absolute Gasteiger partial charge is 0.368 e. The molecule has 0 spiro atoms. The second-order valence-electron chi connectivity index (χ2n) is 4.24. The molecule has 2 fully saturated rings. The third kappa shape index (κ3) is 1.91. The normalized spacial score (nSPS) is 30.7. The molecule has 2 aliphatic rings. The van der Waals surface area contributed by atoms with Gasteiger partial charge in [0.15, 0.2) is 0 Å². The number of carbonyl (C=O) groups is 1. The number of primary amides is 1. The van der Waals surface area contributed by atoms with Crippen LogP contribution in [0.2, 0.25) is 0 Å². The first-order valence-corrected chi connectivity index (χ1v) is 5.60. The molecule has 4 heteroatoms. The van der Waals surface area contributed by atoms with E-state index in [0.29, 0.717) is 0 Å². The van der Waals surface area contributed by atoms with E-state index < -0.39 is 0 Å². The first-order valence-electron chi connectivity index (χ1n) is 5.60. The van der Waals surface area contributed by atoms with Crippen molar-refractivity contribution in [3.05, 3.63) is 0 Å². The lowest BCUT2D eigenvalue weighted by Gasteiger charge is -2.41. The minimum atomic E-state index is -0.156. The number of amides is 1. The van der Waals surface area contributed by atoms with Crippen molar-refractivity contribution in [3.63, 3.8) is 0 Å². The standard InChI is InChI=1S/C10H19N3O/c11-10(14)9-5-4-7-12-6-2-1-3-8-13(9)12/h9H,1-8H2,(H2,11,14). The molecule has 80 valence electrons. The van der Waals surface area contributed by atoms with Gasteiger partial charge >= 0.3 is 0 Å². The van der Waals surface area contributed by atoms with E-state index in [0.717, 1.165) is 32.5 Å². The Bertz CT molecular complexity index is 219. The van der Waals surface area contributed by atoms with Gasteiger partial charge in [0.25, 0.3) is 0 Å². The summed E-state index contributed by atoms with van der Waals surface area (Å²) >= 11 is 0. The molecule has 2 rings (SSSR count). The van der Waals surface area contributed by atoms with Crippen molar-refractivity contribution in [2.24, 2.45) is 5.73 Å². The van der Waals surface area contributed by atoms with Crippen LogP contribution in [0, 0.1) is 0 Å². The predicted octanol–water partition coefficient (Wildman–Crippen LogP) is 0.337. The molecule has 0 radical (unpaired) electrons. The Kier molecular flexibility index (Phi) is 3.03. The lowest BCUT2D eigenvalue weighted by molar-refractivity contribution is -0.139. The van der Waals surface area contributed by atoms with E-state index in [2.05, 4.69) is 10.0 Å². The number of fused-ring (bicyclic) bond motifs is 1. The Hall–Kier alpha value is -0.610. The van der Waals surface area contributed by atoms with Crippen molar-refractivity contribution in [1.82, 2.24) is 10.0 Å². The maximum Gasteiger partial charge on any atom is 0.236 e. The summed E-state index contributed by atoms with van der Waals surface area (Å²) < 4.78 is 0. The summed E-state index contributed by atoms with van der Waals surface area (Å²) in [5.74, 6) is -0.156. The monoisotopic (exact) mass is 197 g/mol. The van der Waals surface area contributed by atoms with Gasteiger partial charge in [0.05, 0.1) is 0 Å². The zero-order chi connectivity index (χ0) is 9.97. The number of nitrogens with zero attached hydrogens (tertiary/aromatic N) is 2. The van der Waals surface area contributed by atoms with E-state index in [1.807, 2.05) is 0 Å². The molecule has 0 aromatic heterocycles. The number of hydrogen-bond acceptors (Lipinski definition) is 3. The van der Waals surface area contributed by atoms with Crippen LogP contribution in [-0.4, -0.2) is 41.6 Å². The predicted molar refractivity (Wildman–Crippen MR) is 54.3 cm³/mol. The molecule has 2 aliphatic heterocycles. The molecule has 1 atom stereocenters. The van der Waals surface area contributed by atoms with Gasteiger partial charge in [-0.2, -0.15) is 0 Å². The minimum Gasteiger partial charge on any atom is -0.368 e. The van der Waals surface area contributed by atoms with E-state index in [1.54, 1.807) is 0 Å². The fraction of sp³-hybridized carbons (Fsp3) is 0.900. The SMILES string of the molecule is NC(=O)C1CCCN2CCCCCN12. The second-order valence-corrected chi connectivity index (χ2v) is 4.24. The zero-order valence-corrected chi connectivity index (χ0v) is 8.61. The summed E-state index contributed by atoms with van der Waals surface area (Å²) in [7, 11) is 0. The van der Waals surface area contributed by atoms with Crippen LogP contribution in [0.4, 0.5) is 0 Å². The Morgan fingerprint density at radius 2 is 1.79 bits per heavy atom. The molecule has 1 amide bonds. The number of hydrogen-bond donors (Lipinski definition) is 1. The van der Waals surface area contributed by atoms with Gasteiger partial charge in [-0.15, -0.1) is 0 Å². The topological polar surface area (TPSA) is 49.6 Å². The van der Waals surface area contributed by atoms with Gasteiger partial charge in [-0.05, 0) is 25.7 Å². The van der Waals surface area contributed by atoms with Crippen molar-refractivity contribution < 1.29 is 4.79 Å². The van der Waals surface area contributed by atoms with E-state index in [1.165, 1.54) is 19.3 Å². The first-order chi connectivity index (χ1) is 6.79. The molecule has 1 unspecified atom stereocenters. The highest BCUT2D eigenvalue weighted by Gasteiger charge is 2.32. The van der Waals surface area contributed by atoms with Crippen LogP contribution in [-0.2, 0) is 4.79 Å². The lowest BCUT2D eigenvalue weighted by Crippen LogP contribution is -2.57. The van der Waals surface area contributed by atoms with Crippen LogP contribution in [0.25, 0.3) is 0 Å². The number of rotatable bonds is 1. The van der Waals surface area contributed by atoms with Crippen molar-refractivity contribution in [2.75, 3.05) is 19.6 Å². The fourth-order valence-electron chi connectivity index (χ4n) is 2.51. The molecule has 0 bridgehead atoms. The fourth-order valence-corrected chi connectivity index (χ4v) is 2.51. The van der Waals surface area contributed by atoms with Gasteiger partial charge in [0, 0.05) is 19.6 Å². The maximum atomic E-state index is 11.3. The highest BCUT2D eigenvalue weighted by molar-refractivity contribution is 5.79. The van der Waals surface area contributed by atoms with Crippen molar-refractivity contribution >= 4 is 5.91 Å². The molecule has 0 aromatic carbocycles. The van der Waals surface area contributed by atoms with Gasteiger partial charge < -0.3 is 5.73 Å². The molecule has 0 aromatic rings. The third-order valence-corrected chi connectivity index (χ3v) is 3.25. The zero-order valence-electron chi connectivity index (χ0n) is 8.61. The molecule has 14 heavy (non-hydrogen) atoms. The highest BCUT2D eigenvalue weighted by atomic mass is 16.1. The second kappa shape index (κ2) is 4.28. The molecule has 0 aliphatic carbocycles. The van der Waals surface area contributed by atoms with Crippen molar-refractivity contribution in [1.29, 1.82) is 0 Å². The van der Waals surface area contributed by atoms with Crippen LogP contribution in [0.1, 0.15) is 32.1 Å². The molecule has 0 saturated carbocycles. The Labute approximate surface area is 85.0 Å².